The molecule has 0 saturated carbocycles. The highest BCUT2D eigenvalue weighted by Crippen LogP contribution is 2.18. The standard InChI is InChI=1S/C18H17FN6O4/c1-2-29-17(26)16-15(25(27)28)9-21-18(23-16)20-7-13-8-22-24(11-13)10-12-3-5-14(19)6-4-12/h3-6,8-9,11H,2,7,10H2,1H3,(H,20,21,23). The van der Waals surface area contributed by atoms with Gasteiger partial charge in [-0.15, -0.1) is 0 Å². The number of esters is 1. The van der Waals surface area contributed by atoms with Gasteiger partial charge in [0.1, 0.15) is 12.0 Å². The van der Waals surface area contributed by atoms with Crippen LogP contribution in [-0.4, -0.2) is 37.2 Å². The molecular weight excluding hydrogens is 383 g/mol. The summed E-state index contributed by atoms with van der Waals surface area (Å²) in [6.45, 7) is 2.41. The van der Waals surface area contributed by atoms with E-state index in [-0.39, 0.29) is 24.9 Å². The average molecular weight is 400 g/mol. The van der Waals surface area contributed by atoms with Crippen molar-refractivity contribution >= 4 is 17.6 Å². The van der Waals surface area contributed by atoms with Crippen LogP contribution < -0.4 is 5.32 Å². The molecule has 0 aliphatic carbocycles. The summed E-state index contributed by atoms with van der Waals surface area (Å²) in [5.74, 6) is -1.15. The molecule has 29 heavy (non-hydrogen) atoms. The number of rotatable bonds is 8. The van der Waals surface area contributed by atoms with Gasteiger partial charge in [0.25, 0.3) is 0 Å². The molecule has 0 bridgehead atoms. The first-order valence-electron chi connectivity index (χ1n) is 8.64. The summed E-state index contributed by atoms with van der Waals surface area (Å²) in [6.07, 6.45) is 4.38. The summed E-state index contributed by atoms with van der Waals surface area (Å²) in [7, 11) is 0. The van der Waals surface area contributed by atoms with E-state index in [9.17, 15) is 19.3 Å². The van der Waals surface area contributed by atoms with Crippen LogP contribution in [0.25, 0.3) is 0 Å². The van der Waals surface area contributed by atoms with Crippen molar-refractivity contribution in [1.82, 2.24) is 19.7 Å². The minimum atomic E-state index is -0.892. The number of aromatic nitrogens is 4. The highest BCUT2D eigenvalue weighted by atomic mass is 19.1. The van der Waals surface area contributed by atoms with Crippen molar-refractivity contribution in [3.05, 3.63) is 75.6 Å². The van der Waals surface area contributed by atoms with Gasteiger partial charge in [-0.1, -0.05) is 12.1 Å². The zero-order valence-electron chi connectivity index (χ0n) is 15.4. The van der Waals surface area contributed by atoms with Crippen LogP contribution in [0.3, 0.4) is 0 Å². The first-order chi connectivity index (χ1) is 14.0. The van der Waals surface area contributed by atoms with E-state index in [0.29, 0.717) is 6.54 Å². The Balaban J connectivity index is 1.67. The molecule has 11 heteroatoms. The Labute approximate surface area is 164 Å². The fourth-order valence-electron chi connectivity index (χ4n) is 2.49. The van der Waals surface area contributed by atoms with Crippen LogP contribution in [0.15, 0.2) is 42.9 Å². The Hall–Kier alpha value is -3.89. The molecule has 0 saturated heterocycles. The van der Waals surface area contributed by atoms with Crippen molar-refractivity contribution in [3.8, 4) is 0 Å². The molecule has 0 amide bonds. The molecule has 1 N–H and O–H groups in total. The molecule has 3 aromatic rings. The lowest BCUT2D eigenvalue weighted by Crippen LogP contribution is -2.13. The van der Waals surface area contributed by atoms with Gasteiger partial charge in [-0.05, 0) is 24.6 Å². The van der Waals surface area contributed by atoms with E-state index in [1.165, 1.54) is 12.1 Å². The summed E-state index contributed by atoms with van der Waals surface area (Å²) in [6, 6.07) is 6.12. The Morgan fingerprint density at radius 3 is 2.72 bits per heavy atom. The monoisotopic (exact) mass is 400 g/mol. The summed E-state index contributed by atoms with van der Waals surface area (Å²) in [5, 5.41) is 18.2. The lowest BCUT2D eigenvalue weighted by molar-refractivity contribution is -0.385. The molecule has 1 aromatic carbocycles. The van der Waals surface area contributed by atoms with Gasteiger partial charge < -0.3 is 10.1 Å². The summed E-state index contributed by atoms with van der Waals surface area (Å²) < 4.78 is 19.5. The Morgan fingerprint density at radius 2 is 2.03 bits per heavy atom. The van der Waals surface area contributed by atoms with Crippen LogP contribution in [0.1, 0.15) is 28.5 Å². The van der Waals surface area contributed by atoms with Gasteiger partial charge in [-0.25, -0.2) is 14.2 Å². The molecule has 150 valence electrons. The third kappa shape index (κ3) is 5.09. The lowest BCUT2D eigenvalue weighted by Gasteiger charge is -2.06. The molecule has 10 nitrogen and oxygen atoms in total. The lowest BCUT2D eigenvalue weighted by atomic mass is 10.2. The molecule has 0 spiro atoms. The van der Waals surface area contributed by atoms with E-state index < -0.39 is 22.3 Å². The molecular formula is C18H17FN6O4. The maximum atomic E-state index is 13.0. The molecule has 0 unspecified atom stereocenters. The number of nitrogens with zero attached hydrogens (tertiary/aromatic N) is 5. The van der Waals surface area contributed by atoms with Crippen LogP contribution in [-0.2, 0) is 17.8 Å². The van der Waals surface area contributed by atoms with E-state index >= 15 is 0 Å². The van der Waals surface area contributed by atoms with Crippen molar-refractivity contribution in [2.24, 2.45) is 0 Å². The number of ether oxygens (including phenoxy) is 1. The molecule has 0 atom stereocenters. The molecule has 0 fully saturated rings. The second kappa shape index (κ2) is 8.87. The van der Waals surface area contributed by atoms with Crippen LogP contribution >= 0.6 is 0 Å². The van der Waals surface area contributed by atoms with Gasteiger partial charge in [0.15, 0.2) is 0 Å². The van der Waals surface area contributed by atoms with Gasteiger partial charge in [0, 0.05) is 18.3 Å². The smallest absolute Gasteiger partial charge is 0.364 e. The summed E-state index contributed by atoms with van der Waals surface area (Å²) >= 11 is 0. The first kappa shape index (κ1) is 19.9. The number of anilines is 1. The highest BCUT2D eigenvalue weighted by molar-refractivity contribution is 5.91. The quantitative estimate of drug-likeness (QED) is 0.347. The van der Waals surface area contributed by atoms with Crippen LogP contribution in [0.2, 0.25) is 0 Å². The van der Waals surface area contributed by atoms with E-state index in [1.807, 2.05) is 0 Å². The summed E-state index contributed by atoms with van der Waals surface area (Å²) in [4.78, 5) is 30.0. The second-order valence-corrected chi connectivity index (χ2v) is 5.93. The highest BCUT2D eigenvalue weighted by Gasteiger charge is 2.24. The van der Waals surface area contributed by atoms with Crippen LogP contribution in [0, 0.1) is 15.9 Å². The zero-order valence-corrected chi connectivity index (χ0v) is 15.4. The molecule has 0 aliphatic rings. The molecule has 2 heterocycles. The molecule has 0 aliphatic heterocycles. The Bertz CT molecular complexity index is 1020. The van der Waals surface area contributed by atoms with Gasteiger partial charge in [0.05, 0.1) is 24.3 Å². The van der Waals surface area contributed by atoms with E-state index in [2.05, 4.69) is 20.4 Å². The van der Waals surface area contributed by atoms with Crippen molar-refractivity contribution in [2.45, 2.75) is 20.0 Å². The normalized spacial score (nSPS) is 10.6. The predicted molar refractivity (Wildman–Crippen MR) is 99.7 cm³/mol. The van der Waals surface area contributed by atoms with Gasteiger partial charge >= 0.3 is 11.7 Å². The minimum Gasteiger partial charge on any atom is -0.461 e. The second-order valence-electron chi connectivity index (χ2n) is 5.93. The Morgan fingerprint density at radius 1 is 1.28 bits per heavy atom. The third-order valence-electron chi connectivity index (χ3n) is 3.83. The molecule has 2 aromatic heterocycles. The SMILES string of the molecule is CCOC(=O)c1nc(NCc2cnn(Cc3ccc(F)cc3)c2)ncc1[N+](=O)[O-]. The average Bonchev–Trinajstić information content (AvgIpc) is 3.15. The van der Waals surface area contributed by atoms with Crippen molar-refractivity contribution in [3.63, 3.8) is 0 Å². The number of nitro groups is 1. The maximum absolute atomic E-state index is 13.0. The van der Waals surface area contributed by atoms with E-state index in [1.54, 1.807) is 36.1 Å². The zero-order chi connectivity index (χ0) is 20.8. The van der Waals surface area contributed by atoms with E-state index in [4.69, 9.17) is 4.74 Å². The fraction of sp³-hybridized carbons (Fsp3) is 0.222. The molecule has 0 radical (unpaired) electrons. The minimum absolute atomic E-state index is 0.0462. The number of carbonyl (C=O) groups excluding carboxylic acids is 1. The van der Waals surface area contributed by atoms with E-state index in [0.717, 1.165) is 17.3 Å². The number of hydrogen-bond acceptors (Lipinski definition) is 8. The van der Waals surface area contributed by atoms with Crippen molar-refractivity contribution in [1.29, 1.82) is 0 Å². The predicted octanol–water partition coefficient (Wildman–Crippen LogP) is 2.56. The summed E-state index contributed by atoms with van der Waals surface area (Å²) in [5.41, 5.74) is 0.751. The number of carbonyl (C=O) groups is 1. The maximum Gasteiger partial charge on any atom is 0.364 e. The fourth-order valence-corrected chi connectivity index (χ4v) is 2.49. The van der Waals surface area contributed by atoms with Gasteiger partial charge in [-0.2, -0.15) is 10.1 Å². The number of hydrogen-bond donors (Lipinski definition) is 1. The first-order valence-corrected chi connectivity index (χ1v) is 8.64. The van der Waals surface area contributed by atoms with Crippen molar-refractivity contribution in [2.75, 3.05) is 11.9 Å². The third-order valence-corrected chi connectivity index (χ3v) is 3.83. The Kier molecular flexibility index (Phi) is 6.07. The van der Waals surface area contributed by atoms with Gasteiger partial charge in [-0.3, -0.25) is 14.8 Å². The number of halogens is 1. The number of nitrogens with one attached hydrogen (secondary N) is 1. The topological polar surface area (TPSA) is 125 Å². The number of benzene rings is 1. The van der Waals surface area contributed by atoms with Crippen LogP contribution in [0.4, 0.5) is 16.0 Å². The molecule has 3 rings (SSSR count). The van der Waals surface area contributed by atoms with Crippen LogP contribution in [0.5, 0.6) is 0 Å². The largest absolute Gasteiger partial charge is 0.461 e. The van der Waals surface area contributed by atoms with Crippen molar-refractivity contribution < 1.29 is 18.8 Å². The van der Waals surface area contributed by atoms with Gasteiger partial charge in [0.2, 0.25) is 11.6 Å².